The molecule has 3 rings (SSSR count). The number of aryl methyl sites for hydroxylation is 1. The smallest absolute Gasteiger partial charge is 0.178 e. The van der Waals surface area contributed by atoms with Crippen molar-refractivity contribution in [1.82, 2.24) is 5.16 Å². The molecule has 0 bridgehead atoms. The highest BCUT2D eigenvalue weighted by Gasteiger charge is 2.25. The first kappa shape index (κ1) is 19.1. The molecule has 9 heteroatoms. The van der Waals surface area contributed by atoms with Gasteiger partial charge < -0.3 is 4.52 Å². The van der Waals surface area contributed by atoms with E-state index in [-0.39, 0.29) is 16.8 Å². The quantitative estimate of drug-likeness (QED) is 0.602. The van der Waals surface area contributed by atoms with E-state index in [1.54, 1.807) is 0 Å². The fourth-order valence-electron chi connectivity index (χ4n) is 2.63. The van der Waals surface area contributed by atoms with Gasteiger partial charge in [0.1, 0.15) is 28.0 Å². The van der Waals surface area contributed by atoms with Gasteiger partial charge in [0.05, 0.1) is 5.56 Å². The van der Waals surface area contributed by atoms with Crippen molar-refractivity contribution in [2.24, 2.45) is 0 Å². The van der Waals surface area contributed by atoms with Crippen LogP contribution in [0.3, 0.4) is 0 Å². The molecule has 2 aromatic carbocycles. The van der Waals surface area contributed by atoms with Crippen LogP contribution in [0.5, 0.6) is 0 Å². The minimum Gasteiger partial charge on any atom is -0.357 e. The molecule has 0 amide bonds. The molecule has 0 N–H and O–H groups in total. The van der Waals surface area contributed by atoms with Gasteiger partial charge in [0.15, 0.2) is 22.3 Å². The van der Waals surface area contributed by atoms with Crippen LogP contribution in [0.15, 0.2) is 39.8 Å². The average Bonchev–Trinajstić information content (AvgIpc) is 3.01. The number of hydrogen-bond donors (Lipinski definition) is 0. The Balaban J connectivity index is 2.27. The summed E-state index contributed by atoms with van der Waals surface area (Å²) >= 11 is 0. The Morgan fingerprint density at radius 3 is 2.33 bits per heavy atom. The summed E-state index contributed by atoms with van der Waals surface area (Å²) in [5.74, 6) is -3.27. The maximum atomic E-state index is 14.6. The topological polar surface area (TPSA) is 60.2 Å². The third-order valence-corrected chi connectivity index (χ3v) is 5.13. The third kappa shape index (κ3) is 3.46. The van der Waals surface area contributed by atoms with E-state index in [0.717, 1.165) is 12.3 Å². The molecule has 27 heavy (non-hydrogen) atoms. The number of alkyl halides is 1. The minimum atomic E-state index is -4.01. The predicted molar refractivity (Wildman–Crippen MR) is 89.9 cm³/mol. The van der Waals surface area contributed by atoms with Gasteiger partial charge in [-0.05, 0) is 30.7 Å². The summed E-state index contributed by atoms with van der Waals surface area (Å²) in [5, 5.41) is 3.66. The molecule has 1 aromatic heterocycles. The molecule has 0 spiro atoms. The monoisotopic (exact) mass is 399 g/mol. The minimum absolute atomic E-state index is 0.0908. The first-order chi connectivity index (χ1) is 12.6. The molecule has 0 aliphatic rings. The van der Waals surface area contributed by atoms with Crippen LogP contribution in [-0.2, 0) is 16.5 Å². The fourth-order valence-corrected chi connectivity index (χ4v) is 3.37. The molecule has 142 valence electrons. The summed E-state index contributed by atoms with van der Waals surface area (Å²) in [7, 11) is -4.01. The molecule has 0 fully saturated rings. The number of hydrogen-bond acceptors (Lipinski definition) is 4. The van der Waals surface area contributed by atoms with E-state index in [0.29, 0.717) is 17.7 Å². The lowest BCUT2D eigenvalue weighted by atomic mass is 9.98. The van der Waals surface area contributed by atoms with Crippen molar-refractivity contribution in [2.75, 3.05) is 6.26 Å². The van der Waals surface area contributed by atoms with Crippen LogP contribution < -0.4 is 0 Å². The third-order valence-electron chi connectivity index (χ3n) is 4.02. The molecule has 4 nitrogen and oxygen atoms in total. The highest BCUT2D eigenvalue weighted by atomic mass is 32.2. The van der Waals surface area contributed by atoms with Gasteiger partial charge in [-0.3, -0.25) is 0 Å². The molecular formula is C18H13F4NO3S. The zero-order valence-corrected chi connectivity index (χ0v) is 15.0. The summed E-state index contributed by atoms with van der Waals surface area (Å²) in [4.78, 5) is -0.829. The second kappa shape index (κ2) is 6.80. The van der Waals surface area contributed by atoms with Gasteiger partial charge in [-0.25, -0.2) is 26.0 Å². The summed E-state index contributed by atoms with van der Waals surface area (Å²) in [5.41, 5.74) is -0.221. The predicted octanol–water partition coefficient (Wildman–Crippen LogP) is 4.61. The van der Waals surface area contributed by atoms with Gasteiger partial charge in [-0.2, -0.15) is 0 Å². The molecular weight excluding hydrogens is 386 g/mol. The average molecular weight is 399 g/mol. The van der Waals surface area contributed by atoms with Gasteiger partial charge in [-0.15, -0.1) is 0 Å². The molecule has 0 aliphatic heterocycles. The molecule has 0 unspecified atom stereocenters. The van der Waals surface area contributed by atoms with Crippen LogP contribution in [-0.4, -0.2) is 19.8 Å². The van der Waals surface area contributed by atoms with Crippen LogP contribution in [0, 0.1) is 24.4 Å². The standard InChI is InChI=1S/C18H13F4NO3S/c1-9-3-4-10(5-12(9)20)18-17(15(8-19)26-23-18)11-6-14(22)16(7-13(11)21)27(2,24)25/h3-7H,8H2,1-2H3. The van der Waals surface area contributed by atoms with Gasteiger partial charge >= 0.3 is 0 Å². The van der Waals surface area contributed by atoms with E-state index in [1.165, 1.54) is 19.1 Å². The molecule has 3 aromatic rings. The second-order valence-corrected chi connectivity index (χ2v) is 7.95. The lowest BCUT2D eigenvalue weighted by Gasteiger charge is -2.09. The molecule has 1 heterocycles. The van der Waals surface area contributed by atoms with Crippen molar-refractivity contribution in [1.29, 1.82) is 0 Å². The Kier molecular flexibility index (Phi) is 4.81. The van der Waals surface area contributed by atoms with Crippen molar-refractivity contribution >= 4 is 9.84 Å². The van der Waals surface area contributed by atoms with Crippen molar-refractivity contribution in [2.45, 2.75) is 18.5 Å². The molecule has 0 saturated carbocycles. The zero-order valence-electron chi connectivity index (χ0n) is 14.2. The van der Waals surface area contributed by atoms with E-state index in [1.807, 2.05) is 0 Å². The number of nitrogens with zero attached hydrogens (tertiary/aromatic N) is 1. The SMILES string of the molecule is Cc1ccc(-c2noc(CF)c2-c2cc(F)c(S(C)(=O)=O)cc2F)cc1F. The van der Waals surface area contributed by atoms with Crippen molar-refractivity contribution in [3.05, 3.63) is 59.1 Å². The van der Waals surface area contributed by atoms with E-state index in [4.69, 9.17) is 4.52 Å². The number of benzene rings is 2. The van der Waals surface area contributed by atoms with Crippen LogP contribution in [0.4, 0.5) is 17.6 Å². The lowest BCUT2D eigenvalue weighted by molar-refractivity contribution is 0.332. The van der Waals surface area contributed by atoms with E-state index in [9.17, 15) is 26.0 Å². The Morgan fingerprint density at radius 2 is 1.74 bits per heavy atom. The van der Waals surface area contributed by atoms with E-state index < -0.39 is 50.2 Å². The van der Waals surface area contributed by atoms with Gasteiger partial charge in [0.25, 0.3) is 0 Å². The lowest BCUT2D eigenvalue weighted by Crippen LogP contribution is -2.03. The first-order valence-corrected chi connectivity index (χ1v) is 9.53. The van der Waals surface area contributed by atoms with Gasteiger partial charge in [0, 0.05) is 17.4 Å². The van der Waals surface area contributed by atoms with Crippen molar-refractivity contribution in [3.63, 3.8) is 0 Å². The Labute approximate surface area is 152 Å². The van der Waals surface area contributed by atoms with Crippen molar-refractivity contribution in [3.8, 4) is 22.4 Å². The fraction of sp³-hybridized carbons (Fsp3) is 0.167. The van der Waals surface area contributed by atoms with Crippen molar-refractivity contribution < 1.29 is 30.5 Å². The van der Waals surface area contributed by atoms with Crippen LogP contribution in [0.25, 0.3) is 22.4 Å². The molecule has 0 saturated heterocycles. The Hall–Kier alpha value is -2.68. The number of halogens is 4. The summed E-state index contributed by atoms with van der Waals surface area (Å²) in [6, 6.07) is 5.17. The van der Waals surface area contributed by atoms with Gasteiger partial charge in [0.2, 0.25) is 0 Å². The first-order valence-electron chi connectivity index (χ1n) is 7.64. The summed E-state index contributed by atoms with van der Waals surface area (Å²) in [6.45, 7) is 0.361. The Bertz CT molecular complexity index is 1140. The van der Waals surface area contributed by atoms with Crippen LogP contribution >= 0.6 is 0 Å². The molecule has 0 atom stereocenters. The van der Waals surface area contributed by atoms with Gasteiger partial charge in [-0.1, -0.05) is 17.3 Å². The Morgan fingerprint density at radius 1 is 1.04 bits per heavy atom. The number of rotatable bonds is 4. The highest BCUT2D eigenvalue weighted by molar-refractivity contribution is 7.90. The summed E-state index contributed by atoms with van der Waals surface area (Å²) < 4.78 is 84.0. The second-order valence-electron chi connectivity index (χ2n) is 5.96. The number of aromatic nitrogens is 1. The molecule has 0 radical (unpaired) electrons. The van der Waals surface area contributed by atoms with Crippen LogP contribution in [0.1, 0.15) is 11.3 Å². The van der Waals surface area contributed by atoms with E-state index in [2.05, 4.69) is 5.16 Å². The zero-order chi connectivity index (χ0) is 19.9. The highest BCUT2D eigenvalue weighted by Crippen LogP contribution is 2.38. The maximum Gasteiger partial charge on any atom is 0.178 e. The number of sulfone groups is 1. The normalized spacial score (nSPS) is 11.8. The molecule has 0 aliphatic carbocycles. The van der Waals surface area contributed by atoms with Crippen LogP contribution in [0.2, 0.25) is 0 Å². The summed E-state index contributed by atoms with van der Waals surface area (Å²) in [6.07, 6.45) is 0.734. The maximum absolute atomic E-state index is 14.6. The van der Waals surface area contributed by atoms with E-state index >= 15 is 0 Å². The largest absolute Gasteiger partial charge is 0.357 e.